The van der Waals surface area contributed by atoms with Crippen molar-refractivity contribution in [3.05, 3.63) is 11.3 Å². The third kappa shape index (κ3) is 1.07. The van der Waals surface area contributed by atoms with Crippen LogP contribution >= 0.6 is 0 Å². The highest BCUT2D eigenvalue weighted by molar-refractivity contribution is 5.26. The van der Waals surface area contributed by atoms with Crippen LogP contribution in [0.15, 0.2) is 11.3 Å². The molecule has 0 aromatic rings. The molecule has 0 spiro atoms. The molecule has 0 radical (unpaired) electrons. The molecule has 3 rings (SSSR count). The summed E-state index contributed by atoms with van der Waals surface area (Å²) in [7, 11) is 0. The van der Waals surface area contributed by atoms with E-state index in [-0.39, 0.29) is 0 Å². The first-order valence-electron chi connectivity index (χ1n) is 6.12. The van der Waals surface area contributed by atoms with E-state index >= 15 is 0 Å². The largest absolute Gasteiger partial charge is 0.498 e. The van der Waals surface area contributed by atoms with Crippen molar-refractivity contribution in [2.24, 2.45) is 23.7 Å². The van der Waals surface area contributed by atoms with Crippen molar-refractivity contribution in [2.45, 2.75) is 39.5 Å². The minimum atomic E-state index is 0.859. The summed E-state index contributed by atoms with van der Waals surface area (Å²) in [6.45, 7) is 5.75. The second kappa shape index (κ2) is 3.01. The van der Waals surface area contributed by atoms with E-state index in [0.717, 1.165) is 30.3 Å². The van der Waals surface area contributed by atoms with Crippen molar-refractivity contribution in [1.82, 2.24) is 0 Å². The second-order valence-corrected chi connectivity index (χ2v) is 5.52. The maximum absolute atomic E-state index is 5.72. The smallest absolute Gasteiger partial charge is 0.0959 e. The molecule has 3 atom stereocenters. The Balaban J connectivity index is 1.88. The summed E-state index contributed by atoms with van der Waals surface area (Å²) in [5.41, 5.74) is 1.71. The number of ether oxygens (including phenoxy) is 1. The van der Waals surface area contributed by atoms with Gasteiger partial charge in [-0.05, 0) is 42.1 Å². The Bertz CT molecular complexity index is 277. The first kappa shape index (κ1) is 8.82. The number of hydrogen-bond donors (Lipinski definition) is 0. The van der Waals surface area contributed by atoms with E-state index in [0.29, 0.717) is 0 Å². The van der Waals surface area contributed by atoms with Gasteiger partial charge in [-0.15, -0.1) is 0 Å². The molecule has 1 saturated carbocycles. The van der Waals surface area contributed by atoms with Crippen LogP contribution in [-0.2, 0) is 4.74 Å². The lowest BCUT2D eigenvalue weighted by Gasteiger charge is -2.24. The highest BCUT2D eigenvalue weighted by Gasteiger charge is 2.46. The van der Waals surface area contributed by atoms with Gasteiger partial charge in [0.1, 0.15) is 0 Å². The summed E-state index contributed by atoms with van der Waals surface area (Å²) < 4.78 is 5.72. The Kier molecular flexibility index (Phi) is 1.90. The zero-order valence-electron chi connectivity index (χ0n) is 9.25. The van der Waals surface area contributed by atoms with Crippen LogP contribution in [0.4, 0.5) is 0 Å². The fraction of sp³-hybridized carbons (Fsp3) is 0.846. The molecule has 2 aliphatic carbocycles. The minimum absolute atomic E-state index is 0.859. The molecular formula is C13H20O. The predicted octanol–water partition coefficient (Wildman–Crippen LogP) is 3.36. The lowest BCUT2D eigenvalue weighted by Crippen LogP contribution is -2.18. The summed E-state index contributed by atoms with van der Waals surface area (Å²) in [5.74, 6) is 5.07. The number of allylic oxidation sites excluding steroid dienone is 1. The molecule has 3 unspecified atom stereocenters. The molecule has 0 aromatic carbocycles. The van der Waals surface area contributed by atoms with Gasteiger partial charge < -0.3 is 4.74 Å². The minimum Gasteiger partial charge on any atom is -0.498 e. The molecule has 78 valence electrons. The Morgan fingerprint density at radius 3 is 2.93 bits per heavy atom. The lowest BCUT2D eigenvalue weighted by molar-refractivity contribution is 0.216. The van der Waals surface area contributed by atoms with Gasteiger partial charge in [0.05, 0.1) is 12.4 Å². The third-order valence-electron chi connectivity index (χ3n) is 4.55. The zero-order valence-corrected chi connectivity index (χ0v) is 9.25. The maximum atomic E-state index is 5.72. The van der Waals surface area contributed by atoms with Gasteiger partial charge in [0.15, 0.2) is 0 Å². The van der Waals surface area contributed by atoms with Crippen LogP contribution in [0.5, 0.6) is 0 Å². The van der Waals surface area contributed by atoms with Gasteiger partial charge in [-0.25, -0.2) is 0 Å². The standard InChI is InChI=1S/C13H20O/c1-8(2)10-4-3-9-7-12-11(13(9)10)5-6-14-12/h8-10,13H,3-7H2,1-2H3. The fourth-order valence-electron chi connectivity index (χ4n) is 3.93. The molecule has 14 heavy (non-hydrogen) atoms. The molecule has 0 amide bonds. The van der Waals surface area contributed by atoms with E-state index in [1.807, 2.05) is 0 Å². The quantitative estimate of drug-likeness (QED) is 0.619. The number of fused-ring (bicyclic) bond motifs is 2. The van der Waals surface area contributed by atoms with Crippen LogP contribution in [0.2, 0.25) is 0 Å². The van der Waals surface area contributed by atoms with Crippen LogP contribution < -0.4 is 0 Å². The predicted molar refractivity (Wildman–Crippen MR) is 56.8 cm³/mol. The van der Waals surface area contributed by atoms with Crippen molar-refractivity contribution in [3.8, 4) is 0 Å². The van der Waals surface area contributed by atoms with Crippen LogP contribution in [0.3, 0.4) is 0 Å². The molecule has 0 aromatic heterocycles. The van der Waals surface area contributed by atoms with Crippen LogP contribution in [0.1, 0.15) is 39.5 Å². The monoisotopic (exact) mass is 192 g/mol. The Labute approximate surface area is 86.5 Å². The first-order chi connectivity index (χ1) is 6.77. The molecule has 1 fully saturated rings. The molecule has 0 bridgehead atoms. The fourth-order valence-corrected chi connectivity index (χ4v) is 3.93. The van der Waals surface area contributed by atoms with E-state index < -0.39 is 0 Å². The van der Waals surface area contributed by atoms with Crippen molar-refractivity contribution in [1.29, 1.82) is 0 Å². The van der Waals surface area contributed by atoms with Crippen molar-refractivity contribution >= 4 is 0 Å². The van der Waals surface area contributed by atoms with Gasteiger partial charge in [0.2, 0.25) is 0 Å². The van der Waals surface area contributed by atoms with Crippen molar-refractivity contribution in [3.63, 3.8) is 0 Å². The summed E-state index contributed by atoms with van der Waals surface area (Å²) >= 11 is 0. The third-order valence-corrected chi connectivity index (χ3v) is 4.55. The zero-order chi connectivity index (χ0) is 9.71. The van der Waals surface area contributed by atoms with E-state index in [9.17, 15) is 0 Å². The van der Waals surface area contributed by atoms with Gasteiger partial charge in [-0.2, -0.15) is 0 Å². The molecule has 1 heterocycles. The van der Waals surface area contributed by atoms with E-state index in [2.05, 4.69) is 13.8 Å². The van der Waals surface area contributed by atoms with Crippen LogP contribution in [-0.4, -0.2) is 6.61 Å². The van der Waals surface area contributed by atoms with E-state index in [1.165, 1.54) is 31.4 Å². The highest BCUT2D eigenvalue weighted by atomic mass is 16.5. The highest BCUT2D eigenvalue weighted by Crippen LogP contribution is 2.55. The van der Waals surface area contributed by atoms with Crippen LogP contribution in [0.25, 0.3) is 0 Å². The van der Waals surface area contributed by atoms with Crippen LogP contribution in [0, 0.1) is 23.7 Å². The summed E-state index contributed by atoms with van der Waals surface area (Å²) in [4.78, 5) is 0. The molecule has 1 nitrogen and oxygen atoms in total. The summed E-state index contributed by atoms with van der Waals surface area (Å²) in [6, 6.07) is 0. The molecule has 0 saturated heterocycles. The summed E-state index contributed by atoms with van der Waals surface area (Å²) in [6.07, 6.45) is 5.41. The SMILES string of the molecule is CC(C)C1CCC2CC3=C(CCO3)C21. The van der Waals surface area contributed by atoms with Gasteiger partial charge in [-0.1, -0.05) is 13.8 Å². The average molecular weight is 192 g/mol. The van der Waals surface area contributed by atoms with Gasteiger partial charge >= 0.3 is 0 Å². The molecular weight excluding hydrogens is 172 g/mol. The Morgan fingerprint density at radius 2 is 2.14 bits per heavy atom. The second-order valence-electron chi connectivity index (χ2n) is 5.52. The van der Waals surface area contributed by atoms with Gasteiger partial charge in [0.25, 0.3) is 0 Å². The summed E-state index contributed by atoms with van der Waals surface area (Å²) in [5, 5.41) is 0. The topological polar surface area (TPSA) is 9.23 Å². The molecule has 0 N–H and O–H groups in total. The normalized spacial score (nSPS) is 40.4. The molecule has 1 heteroatoms. The van der Waals surface area contributed by atoms with Gasteiger partial charge in [0, 0.05) is 12.8 Å². The maximum Gasteiger partial charge on any atom is 0.0959 e. The molecule has 3 aliphatic rings. The first-order valence-corrected chi connectivity index (χ1v) is 6.12. The Morgan fingerprint density at radius 1 is 1.29 bits per heavy atom. The number of hydrogen-bond acceptors (Lipinski definition) is 1. The lowest BCUT2D eigenvalue weighted by atomic mass is 9.80. The average Bonchev–Trinajstić information content (AvgIpc) is 2.70. The number of rotatable bonds is 1. The van der Waals surface area contributed by atoms with E-state index in [4.69, 9.17) is 4.74 Å². The Hall–Kier alpha value is -0.460. The molecule has 1 aliphatic heterocycles. The van der Waals surface area contributed by atoms with E-state index in [1.54, 1.807) is 5.57 Å². The van der Waals surface area contributed by atoms with Crippen molar-refractivity contribution in [2.75, 3.05) is 6.61 Å². The van der Waals surface area contributed by atoms with Gasteiger partial charge in [-0.3, -0.25) is 0 Å². The van der Waals surface area contributed by atoms with Crippen molar-refractivity contribution < 1.29 is 4.74 Å².